The second kappa shape index (κ2) is 9.65. The smallest absolute Gasteiger partial charge is 0.181 e. The van der Waals surface area contributed by atoms with Crippen molar-refractivity contribution < 1.29 is 9.53 Å². The first-order valence-corrected chi connectivity index (χ1v) is 9.58. The fourth-order valence-electron chi connectivity index (χ4n) is 2.81. The van der Waals surface area contributed by atoms with Crippen LogP contribution in [0.1, 0.15) is 15.9 Å². The fraction of sp³-hybridized carbons (Fsp3) is 0.238. The number of nitrogens with zero attached hydrogens (tertiary/aromatic N) is 1. The SMILES string of the molecule is O=C(CN/C=C(\C(=S)N1CCOCC1)c1ccc(Cl)cc1)c1ccccc1. The molecule has 0 unspecified atom stereocenters. The van der Waals surface area contributed by atoms with Gasteiger partial charge in [0.1, 0.15) is 4.99 Å². The molecule has 0 radical (unpaired) electrons. The quantitative estimate of drug-likeness (QED) is 0.453. The molecule has 6 heteroatoms. The number of ether oxygens (including phenoxy) is 1. The highest BCUT2D eigenvalue weighted by molar-refractivity contribution is 7.81. The van der Waals surface area contributed by atoms with E-state index in [4.69, 9.17) is 28.6 Å². The van der Waals surface area contributed by atoms with E-state index in [9.17, 15) is 4.79 Å². The van der Waals surface area contributed by atoms with E-state index in [0.717, 1.165) is 29.2 Å². The minimum atomic E-state index is 0.0274. The Labute approximate surface area is 169 Å². The highest BCUT2D eigenvalue weighted by atomic mass is 35.5. The summed E-state index contributed by atoms with van der Waals surface area (Å²) in [5.74, 6) is 0.0274. The van der Waals surface area contributed by atoms with Gasteiger partial charge in [0.2, 0.25) is 0 Å². The van der Waals surface area contributed by atoms with Crippen molar-refractivity contribution >= 4 is 40.2 Å². The number of thiocarbonyl (C=S) groups is 1. The molecule has 1 fully saturated rings. The zero-order valence-electron chi connectivity index (χ0n) is 14.9. The molecule has 2 aromatic rings. The van der Waals surface area contributed by atoms with Crippen LogP contribution in [0.5, 0.6) is 0 Å². The van der Waals surface area contributed by atoms with Crippen molar-refractivity contribution in [1.82, 2.24) is 10.2 Å². The molecule has 27 heavy (non-hydrogen) atoms. The van der Waals surface area contributed by atoms with Gasteiger partial charge >= 0.3 is 0 Å². The van der Waals surface area contributed by atoms with Gasteiger partial charge in [-0.25, -0.2) is 0 Å². The summed E-state index contributed by atoms with van der Waals surface area (Å²) >= 11 is 11.7. The van der Waals surface area contributed by atoms with Crippen LogP contribution >= 0.6 is 23.8 Å². The Morgan fingerprint density at radius 1 is 1.07 bits per heavy atom. The van der Waals surface area contributed by atoms with E-state index in [0.29, 0.717) is 23.8 Å². The molecule has 140 valence electrons. The number of ketones is 1. The molecule has 0 atom stereocenters. The van der Waals surface area contributed by atoms with Crippen LogP contribution < -0.4 is 5.32 Å². The Kier molecular flexibility index (Phi) is 6.98. The number of benzene rings is 2. The minimum absolute atomic E-state index is 0.0274. The molecule has 1 aliphatic rings. The van der Waals surface area contributed by atoms with Crippen molar-refractivity contribution in [2.45, 2.75) is 0 Å². The molecule has 4 nitrogen and oxygen atoms in total. The summed E-state index contributed by atoms with van der Waals surface area (Å²) in [6, 6.07) is 16.8. The van der Waals surface area contributed by atoms with Crippen molar-refractivity contribution in [3.05, 3.63) is 76.9 Å². The lowest BCUT2D eigenvalue weighted by molar-refractivity contribution is 0.0696. The molecule has 0 spiro atoms. The van der Waals surface area contributed by atoms with Gasteiger partial charge in [0.05, 0.1) is 19.8 Å². The number of Topliss-reactive ketones (excluding diaryl/α,β-unsaturated/α-hetero) is 1. The van der Waals surface area contributed by atoms with Gasteiger partial charge in [0, 0.05) is 35.4 Å². The van der Waals surface area contributed by atoms with Crippen molar-refractivity contribution in [3.63, 3.8) is 0 Å². The molecule has 1 N–H and O–H groups in total. The number of carbonyl (C=O) groups excluding carboxylic acids is 1. The Bertz CT molecular complexity index is 816. The third-order valence-corrected chi connectivity index (χ3v) is 5.02. The Morgan fingerprint density at radius 3 is 2.41 bits per heavy atom. The highest BCUT2D eigenvalue weighted by Gasteiger charge is 2.18. The minimum Gasteiger partial charge on any atom is -0.383 e. The molecular formula is C21H21ClN2O2S. The van der Waals surface area contributed by atoms with Crippen molar-refractivity contribution in [2.24, 2.45) is 0 Å². The third-order valence-electron chi connectivity index (χ3n) is 4.29. The van der Waals surface area contributed by atoms with E-state index in [1.54, 1.807) is 0 Å². The highest BCUT2D eigenvalue weighted by Crippen LogP contribution is 2.21. The molecule has 0 amide bonds. The molecule has 2 aromatic carbocycles. The summed E-state index contributed by atoms with van der Waals surface area (Å²) in [7, 11) is 0. The van der Waals surface area contributed by atoms with Gasteiger partial charge in [-0.1, -0.05) is 66.3 Å². The monoisotopic (exact) mass is 400 g/mol. The van der Waals surface area contributed by atoms with E-state index in [2.05, 4.69) is 10.2 Å². The largest absolute Gasteiger partial charge is 0.383 e. The van der Waals surface area contributed by atoms with E-state index in [1.807, 2.05) is 60.8 Å². The third kappa shape index (κ3) is 5.39. The van der Waals surface area contributed by atoms with Crippen molar-refractivity contribution in [1.29, 1.82) is 0 Å². The van der Waals surface area contributed by atoms with Gasteiger partial charge in [-0.3, -0.25) is 4.79 Å². The Balaban J connectivity index is 1.76. The van der Waals surface area contributed by atoms with Crippen molar-refractivity contribution in [3.8, 4) is 0 Å². The normalized spacial score (nSPS) is 14.7. The zero-order valence-corrected chi connectivity index (χ0v) is 16.4. The van der Waals surface area contributed by atoms with Crippen molar-refractivity contribution in [2.75, 3.05) is 32.8 Å². The second-order valence-corrected chi connectivity index (χ2v) is 6.96. The second-order valence-electron chi connectivity index (χ2n) is 6.14. The average Bonchev–Trinajstić information content (AvgIpc) is 2.73. The number of rotatable bonds is 6. The lowest BCUT2D eigenvalue weighted by atomic mass is 10.1. The molecular weight excluding hydrogens is 380 g/mol. The predicted octanol–water partition coefficient (Wildman–Crippen LogP) is 3.81. The molecule has 1 aliphatic heterocycles. The summed E-state index contributed by atoms with van der Waals surface area (Å²) < 4.78 is 5.41. The van der Waals surface area contributed by atoms with Gasteiger partial charge in [-0.15, -0.1) is 0 Å². The van der Waals surface area contributed by atoms with Crippen LogP contribution in [0.4, 0.5) is 0 Å². The van der Waals surface area contributed by atoms with E-state index >= 15 is 0 Å². The van der Waals surface area contributed by atoms with Crippen LogP contribution in [0, 0.1) is 0 Å². The Morgan fingerprint density at radius 2 is 1.74 bits per heavy atom. The zero-order chi connectivity index (χ0) is 19.1. The van der Waals surface area contributed by atoms with Crippen LogP contribution in [-0.2, 0) is 4.74 Å². The lowest BCUT2D eigenvalue weighted by Crippen LogP contribution is -2.40. The van der Waals surface area contributed by atoms with Crippen LogP contribution in [0.3, 0.4) is 0 Å². The maximum Gasteiger partial charge on any atom is 0.181 e. The number of hydrogen-bond donors (Lipinski definition) is 1. The molecule has 3 rings (SSSR count). The fourth-order valence-corrected chi connectivity index (χ4v) is 3.29. The molecule has 0 saturated carbocycles. The van der Waals surface area contributed by atoms with Crippen LogP contribution in [0.2, 0.25) is 5.02 Å². The van der Waals surface area contributed by atoms with Gasteiger partial charge in [0.15, 0.2) is 5.78 Å². The topological polar surface area (TPSA) is 41.6 Å². The number of nitrogens with one attached hydrogen (secondary N) is 1. The maximum atomic E-state index is 12.3. The first-order valence-electron chi connectivity index (χ1n) is 8.80. The van der Waals surface area contributed by atoms with E-state index in [1.165, 1.54) is 0 Å². The number of hydrogen-bond acceptors (Lipinski definition) is 4. The van der Waals surface area contributed by atoms with Gasteiger partial charge < -0.3 is 15.0 Å². The van der Waals surface area contributed by atoms with Gasteiger partial charge in [-0.05, 0) is 17.7 Å². The first-order chi connectivity index (χ1) is 13.1. The van der Waals surface area contributed by atoms with Gasteiger partial charge in [0.25, 0.3) is 0 Å². The van der Waals surface area contributed by atoms with E-state index < -0.39 is 0 Å². The summed E-state index contributed by atoms with van der Waals surface area (Å²) in [4.78, 5) is 15.2. The average molecular weight is 401 g/mol. The first kappa shape index (κ1) is 19.5. The van der Waals surface area contributed by atoms with Crippen LogP contribution in [-0.4, -0.2) is 48.5 Å². The summed E-state index contributed by atoms with van der Waals surface area (Å²) in [5.41, 5.74) is 2.50. The van der Waals surface area contributed by atoms with Crippen LogP contribution in [0.25, 0.3) is 5.57 Å². The lowest BCUT2D eigenvalue weighted by Gasteiger charge is -2.30. The molecule has 0 aromatic heterocycles. The van der Waals surface area contributed by atoms with Crippen LogP contribution in [0.15, 0.2) is 60.8 Å². The molecule has 0 bridgehead atoms. The number of halogens is 1. The summed E-state index contributed by atoms with van der Waals surface area (Å²) in [5, 5.41) is 3.80. The maximum absolute atomic E-state index is 12.3. The number of morpholine rings is 1. The summed E-state index contributed by atoms with van der Waals surface area (Å²) in [6.45, 7) is 3.04. The molecule has 1 heterocycles. The van der Waals surface area contributed by atoms with Gasteiger partial charge in [-0.2, -0.15) is 0 Å². The standard InChI is InChI=1S/C21H21ClN2O2S/c22-18-8-6-16(7-9-18)19(21(27)24-10-12-26-13-11-24)14-23-15-20(25)17-4-2-1-3-5-17/h1-9,14,23H,10-13,15H2/b19-14-. The van der Waals surface area contributed by atoms with E-state index in [-0.39, 0.29) is 12.3 Å². The summed E-state index contributed by atoms with van der Waals surface area (Å²) in [6.07, 6.45) is 1.82. The number of carbonyl (C=O) groups is 1. The predicted molar refractivity (Wildman–Crippen MR) is 113 cm³/mol. The molecule has 0 aliphatic carbocycles. The molecule has 1 saturated heterocycles. The Hall–Kier alpha value is -2.21.